The van der Waals surface area contributed by atoms with Gasteiger partial charge < -0.3 is 9.47 Å². The first-order chi connectivity index (χ1) is 20.4. The molecule has 0 radical (unpaired) electrons. The summed E-state index contributed by atoms with van der Waals surface area (Å²) in [5.74, 6) is -3.81. The van der Waals surface area contributed by atoms with Gasteiger partial charge in [-0.2, -0.15) is 5.10 Å². The molecule has 1 aliphatic carbocycles. The van der Waals surface area contributed by atoms with Gasteiger partial charge in [-0.1, -0.05) is 25.4 Å². The van der Waals surface area contributed by atoms with Crippen molar-refractivity contribution >= 4 is 35.0 Å². The Bertz CT molecular complexity index is 1680. The Balaban J connectivity index is 1.31. The Morgan fingerprint density at radius 2 is 1.82 bits per heavy atom. The van der Waals surface area contributed by atoms with Gasteiger partial charge in [-0.15, -0.1) is 0 Å². The zero-order chi connectivity index (χ0) is 31.9. The molecule has 1 saturated carbocycles. The van der Waals surface area contributed by atoms with Crippen molar-refractivity contribution in [3.8, 4) is 17.0 Å². The standard InChI is InChI=1S/C31H34ClF2N5O5/c1-16-7-18(32)9-20(25(16)43-19-10-31(33,34)14-37(13-19)28(42)44-29(2,3)4)24-21-8-17(12-39(21)36-15-35-24)11-38-26(40)22-23(27(38)41)30(22,5)6/h7-9,12,15,19,22-23H,10-11,13-14H2,1-6H3/t19-,22?,23?/m0/s1. The molecule has 0 bridgehead atoms. The third-order valence-corrected chi connectivity index (χ3v) is 8.72. The number of carbonyl (C=O) groups excluding carboxylic acids is 3. The van der Waals surface area contributed by atoms with Crippen LogP contribution >= 0.6 is 11.6 Å². The molecule has 2 aromatic heterocycles. The highest BCUT2D eigenvalue weighted by Crippen LogP contribution is 2.63. The van der Waals surface area contributed by atoms with Crippen LogP contribution in [0.5, 0.6) is 5.75 Å². The summed E-state index contributed by atoms with van der Waals surface area (Å²) in [5, 5.41) is 4.68. The van der Waals surface area contributed by atoms with E-state index < -0.39 is 36.7 Å². The molecule has 0 N–H and O–H groups in total. The Hall–Kier alpha value is -3.80. The number of imide groups is 1. The first-order valence-electron chi connectivity index (χ1n) is 14.5. The summed E-state index contributed by atoms with van der Waals surface area (Å²) in [6, 6.07) is 5.07. The van der Waals surface area contributed by atoms with E-state index in [2.05, 4.69) is 10.1 Å². The lowest BCUT2D eigenvalue weighted by Gasteiger charge is -2.38. The van der Waals surface area contributed by atoms with E-state index >= 15 is 0 Å². The van der Waals surface area contributed by atoms with Gasteiger partial charge in [0.05, 0.1) is 43.4 Å². The normalized spacial score (nSPS) is 24.1. The molecule has 3 atom stereocenters. The summed E-state index contributed by atoms with van der Waals surface area (Å²) < 4.78 is 42.9. The van der Waals surface area contributed by atoms with Gasteiger partial charge in [0.2, 0.25) is 11.8 Å². The monoisotopic (exact) mass is 629 g/mol. The van der Waals surface area contributed by atoms with Gasteiger partial charge in [-0.3, -0.25) is 19.4 Å². The lowest BCUT2D eigenvalue weighted by molar-refractivity contribution is -0.143. The van der Waals surface area contributed by atoms with Crippen molar-refractivity contribution in [3.63, 3.8) is 0 Å². The number of fused-ring (bicyclic) bond motifs is 2. The summed E-state index contributed by atoms with van der Waals surface area (Å²) in [5.41, 5.74) is 1.52. The smallest absolute Gasteiger partial charge is 0.410 e. The van der Waals surface area contributed by atoms with E-state index in [9.17, 15) is 23.2 Å². The van der Waals surface area contributed by atoms with Gasteiger partial charge in [0, 0.05) is 16.8 Å². The Morgan fingerprint density at radius 1 is 1.14 bits per heavy atom. The van der Waals surface area contributed by atoms with E-state index in [4.69, 9.17) is 21.1 Å². The van der Waals surface area contributed by atoms with Crippen LogP contribution in [0.4, 0.5) is 13.6 Å². The summed E-state index contributed by atoms with van der Waals surface area (Å²) in [4.78, 5) is 45.3. The van der Waals surface area contributed by atoms with Gasteiger partial charge in [-0.05, 0) is 62.4 Å². The number of ether oxygens (including phenoxy) is 2. The summed E-state index contributed by atoms with van der Waals surface area (Å²) in [6.45, 7) is 9.85. The lowest BCUT2D eigenvalue weighted by atomic mass is 10.0. The summed E-state index contributed by atoms with van der Waals surface area (Å²) in [7, 11) is 0. The number of hydrogen-bond acceptors (Lipinski definition) is 7. The minimum atomic E-state index is -3.20. The first-order valence-corrected chi connectivity index (χ1v) is 14.8. The third-order valence-electron chi connectivity index (χ3n) is 8.50. The molecule has 10 nitrogen and oxygen atoms in total. The van der Waals surface area contributed by atoms with Crippen LogP contribution in [0.1, 0.15) is 52.2 Å². The minimum Gasteiger partial charge on any atom is -0.487 e. The van der Waals surface area contributed by atoms with Crippen molar-refractivity contribution in [1.29, 1.82) is 0 Å². The van der Waals surface area contributed by atoms with Crippen LogP contribution in [0.2, 0.25) is 5.02 Å². The van der Waals surface area contributed by atoms with E-state index in [0.717, 1.165) is 4.90 Å². The van der Waals surface area contributed by atoms with Crippen molar-refractivity contribution in [2.45, 2.75) is 72.1 Å². The number of likely N-dealkylation sites (tertiary alicyclic amines) is 2. The van der Waals surface area contributed by atoms with E-state index in [-0.39, 0.29) is 47.9 Å². The van der Waals surface area contributed by atoms with Crippen molar-refractivity contribution in [1.82, 2.24) is 24.4 Å². The van der Waals surface area contributed by atoms with Gasteiger partial charge in [0.1, 0.15) is 29.5 Å². The highest BCUT2D eigenvalue weighted by Gasteiger charge is 2.72. The zero-order valence-corrected chi connectivity index (χ0v) is 26.1. The van der Waals surface area contributed by atoms with Crippen LogP contribution in [0.3, 0.4) is 0 Å². The molecule has 3 aromatic rings. The van der Waals surface area contributed by atoms with Gasteiger partial charge in [-0.25, -0.2) is 23.1 Å². The molecule has 4 heterocycles. The number of piperidine rings is 2. The van der Waals surface area contributed by atoms with Crippen LogP contribution in [0.25, 0.3) is 16.8 Å². The number of amides is 3. The molecule has 3 amide bonds. The molecule has 3 aliphatic rings. The fourth-order valence-corrected chi connectivity index (χ4v) is 6.72. The van der Waals surface area contributed by atoms with Crippen LogP contribution in [-0.4, -0.2) is 73.0 Å². The van der Waals surface area contributed by atoms with Crippen molar-refractivity contribution in [3.05, 3.63) is 46.9 Å². The number of carbonyl (C=O) groups is 3. The topological polar surface area (TPSA) is 106 Å². The lowest BCUT2D eigenvalue weighted by Crippen LogP contribution is -2.54. The van der Waals surface area contributed by atoms with Crippen LogP contribution in [0.15, 0.2) is 30.7 Å². The van der Waals surface area contributed by atoms with E-state index in [1.54, 1.807) is 56.6 Å². The highest BCUT2D eigenvalue weighted by atomic mass is 35.5. The SMILES string of the molecule is Cc1cc(Cl)cc(-c2ncnn3cc(CN4C(=O)C5C(C4=O)C5(C)C)cc23)c1O[C@@H]1CN(C(=O)OC(C)(C)C)CC(F)(F)C1. The summed E-state index contributed by atoms with van der Waals surface area (Å²) in [6.07, 6.45) is 0.572. The molecule has 44 heavy (non-hydrogen) atoms. The molecule has 2 aliphatic heterocycles. The number of aryl methyl sites for hydroxylation is 1. The molecular weight excluding hydrogens is 596 g/mol. The van der Waals surface area contributed by atoms with E-state index in [0.29, 0.717) is 32.9 Å². The van der Waals surface area contributed by atoms with Crippen LogP contribution < -0.4 is 4.74 Å². The zero-order valence-electron chi connectivity index (χ0n) is 25.4. The molecule has 2 saturated heterocycles. The number of halogens is 3. The largest absolute Gasteiger partial charge is 0.487 e. The molecule has 234 valence electrons. The second-order valence-electron chi connectivity index (χ2n) is 13.6. The number of rotatable bonds is 5. The molecule has 2 unspecified atom stereocenters. The molecule has 0 spiro atoms. The second kappa shape index (κ2) is 10.1. The van der Waals surface area contributed by atoms with E-state index in [1.165, 1.54) is 11.2 Å². The molecule has 1 aromatic carbocycles. The van der Waals surface area contributed by atoms with Crippen LogP contribution in [-0.2, 0) is 20.9 Å². The van der Waals surface area contributed by atoms with Crippen molar-refractivity contribution < 1.29 is 32.6 Å². The average molecular weight is 630 g/mol. The maximum Gasteiger partial charge on any atom is 0.410 e. The Labute approximate surface area is 258 Å². The van der Waals surface area contributed by atoms with Crippen molar-refractivity contribution in [2.24, 2.45) is 17.3 Å². The minimum absolute atomic E-state index is 0.0964. The Morgan fingerprint density at radius 3 is 2.48 bits per heavy atom. The van der Waals surface area contributed by atoms with E-state index in [1.807, 2.05) is 13.8 Å². The van der Waals surface area contributed by atoms with Gasteiger partial charge in [0.25, 0.3) is 5.92 Å². The third kappa shape index (κ3) is 5.37. The molecule has 13 heteroatoms. The molecular formula is C31H34ClF2N5O5. The van der Waals surface area contributed by atoms with Crippen molar-refractivity contribution in [2.75, 3.05) is 13.1 Å². The quantitative estimate of drug-likeness (QED) is 0.342. The number of alkyl halides is 2. The maximum absolute atomic E-state index is 14.9. The summed E-state index contributed by atoms with van der Waals surface area (Å²) >= 11 is 6.45. The number of aromatic nitrogens is 3. The number of benzene rings is 1. The molecule has 3 fully saturated rings. The fourth-order valence-electron chi connectivity index (χ4n) is 6.44. The second-order valence-corrected chi connectivity index (χ2v) is 14.0. The van der Waals surface area contributed by atoms with Crippen LogP contribution in [0, 0.1) is 24.2 Å². The van der Waals surface area contributed by atoms with Gasteiger partial charge >= 0.3 is 6.09 Å². The predicted molar refractivity (Wildman–Crippen MR) is 156 cm³/mol. The number of hydrogen-bond donors (Lipinski definition) is 0. The van der Waals surface area contributed by atoms with Gasteiger partial charge in [0.15, 0.2) is 0 Å². The first kappa shape index (κ1) is 30.2. The Kier molecular flexibility index (Phi) is 6.95. The average Bonchev–Trinajstić information content (AvgIpc) is 3.13. The predicted octanol–water partition coefficient (Wildman–Crippen LogP) is 5.52. The highest BCUT2D eigenvalue weighted by molar-refractivity contribution is 6.31. The fraction of sp³-hybridized carbons (Fsp3) is 0.516. The molecule has 6 rings (SSSR count). The maximum atomic E-state index is 14.9. The number of nitrogens with zero attached hydrogens (tertiary/aromatic N) is 5.